The molecule has 0 bridgehead atoms. The lowest BCUT2D eigenvalue weighted by Crippen LogP contribution is -2.34. The molecule has 3 aromatic rings. The van der Waals surface area contributed by atoms with E-state index < -0.39 is 5.91 Å². The molecule has 33 heavy (non-hydrogen) atoms. The van der Waals surface area contributed by atoms with Crippen LogP contribution < -0.4 is 24.8 Å². The van der Waals surface area contributed by atoms with Gasteiger partial charge in [-0.05, 0) is 42.2 Å². The molecule has 170 valence electrons. The third-order valence-corrected chi connectivity index (χ3v) is 6.30. The summed E-state index contributed by atoms with van der Waals surface area (Å²) < 4.78 is 7.56. The number of hydrogen-bond donors (Lipinski definition) is 1. The van der Waals surface area contributed by atoms with Crippen molar-refractivity contribution in [3.63, 3.8) is 0 Å². The van der Waals surface area contributed by atoms with Crippen LogP contribution in [0.15, 0.2) is 53.3 Å². The molecule has 0 aliphatic rings. The van der Waals surface area contributed by atoms with Gasteiger partial charge in [0.2, 0.25) is 0 Å². The molecule has 1 aromatic heterocycles. The van der Waals surface area contributed by atoms with E-state index in [0.29, 0.717) is 22.5 Å². The maximum absolute atomic E-state index is 13.5. The zero-order valence-electron chi connectivity index (χ0n) is 19.1. The number of unbranched alkanes of at least 4 members (excludes halogenated alkanes) is 1. The lowest BCUT2D eigenvalue weighted by molar-refractivity contribution is -0.115. The van der Waals surface area contributed by atoms with Crippen molar-refractivity contribution in [3.05, 3.63) is 79.2 Å². The van der Waals surface area contributed by atoms with Gasteiger partial charge in [0.1, 0.15) is 16.5 Å². The van der Waals surface area contributed by atoms with Crippen molar-refractivity contribution in [3.8, 4) is 17.5 Å². The molecular formula is C26H27N3O3S. The first kappa shape index (κ1) is 24.0. The van der Waals surface area contributed by atoms with Crippen molar-refractivity contribution in [1.82, 2.24) is 9.88 Å². The average molecular weight is 462 g/mol. The molecule has 0 unspecified atom stereocenters. The van der Waals surface area contributed by atoms with E-state index in [0.717, 1.165) is 36.2 Å². The Hall–Kier alpha value is -3.63. The molecule has 6 nitrogen and oxygen atoms in total. The Bertz CT molecular complexity index is 1350. The molecule has 0 atom stereocenters. The Morgan fingerprint density at radius 3 is 2.55 bits per heavy atom. The fraction of sp³-hybridized carbons (Fsp3) is 0.269. The number of nitrogens with zero attached hydrogens (tertiary/aromatic N) is 2. The number of aryl methyl sites for hydroxylation is 1. The summed E-state index contributed by atoms with van der Waals surface area (Å²) in [6.07, 6.45) is 4.44. The maximum atomic E-state index is 13.5. The Morgan fingerprint density at radius 2 is 1.91 bits per heavy atom. The maximum Gasteiger partial charge on any atom is 0.273 e. The molecule has 0 saturated carbocycles. The second-order valence-corrected chi connectivity index (χ2v) is 8.45. The molecule has 0 aliphatic heterocycles. The van der Waals surface area contributed by atoms with Crippen LogP contribution in [0.3, 0.4) is 0 Å². The number of methoxy groups -OCH3 is 1. The van der Waals surface area contributed by atoms with E-state index in [1.165, 1.54) is 17.2 Å². The highest BCUT2D eigenvalue weighted by molar-refractivity contribution is 7.07. The Morgan fingerprint density at radius 1 is 1.18 bits per heavy atom. The van der Waals surface area contributed by atoms with E-state index in [9.17, 15) is 14.9 Å². The molecule has 0 fully saturated rings. The number of carbonyl (C=O) groups is 1. The van der Waals surface area contributed by atoms with Crippen LogP contribution in [-0.2, 0) is 11.2 Å². The summed E-state index contributed by atoms with van der Waals surface area (Å²) in [6.45, 7) is 4.57. The zero-order chi connectivity index (χ0) is 23.8. The number of thiazole rings is 1. The minimum absolute atomic E-state index is 0.0971. The van der Waals surface area contributed by atoms with E-state index >= 15 is 0 Å². The van der Waals surface area contributed by atoms with Gasteiger partial charge >= 0.3 is 0 Å². The van der Waals surface area contributed by atoms with Gasteiger partial charge in [-0.1, -0.05) is 56.7 Å². The number of nitriles is 1. The van der Waals surface area contributed by atoms with Crippen molar-refractivity contribution in [2.45, 2.75) is 33.1 Å². The van der Waals surface area contributed by atoms with Gasteiger partial charge in [0.25, 0.3) is 11.5 Å². The lowest BCUT2D eigenvalue weighted by atomic mass is 10.1. The number of carbonyl (C=O) groups excluding carboxylic acids is 1. The molecule has 2 aromatic carbocycles. The first-order valence-corrected chi connectivity index (χ1v) is 11.7. The lowest BCUT2D eigenvalue weighted by Gasteiger charge is -2.09. The zero-order valence-corrected chi connectivity index (χ0v) is 19.9. The summed E-state index contributed by atoms with van der Waals surface area (Å²) in [5.74, 6) is -0.0177. The minimum atomic E-state index is -0.491. The van der Waals surface area contributed by atoms with Gasteiger partial charge in [-0.3, -0.25) is 14.2 Å². The minimum Gasteiger partial charge on any atom is -0.495 e. The molecule has 0 aliphatic carbocycles. The fourth-order valence-electron chi connectivity index (χ4n) is 3.35. The number of para-hydroxylation sites is 2. The Labute approximate surface area is 197 Å². The van der Waals surface area contributed by atoms with Crippen LogP contribution in [0.2, 0.25) is 0 Å². The van der Waals surface area contributed by atoms with E-state index in [2.05, 4.69) is 12.2 Å². The number of nitrogens with one attached hydrogen (secondary N) is 1. The summed E-state index contributed by atoms with van der Waals surface area (Å²) in [7, 11) is 1.52. The number of amides is 1. The van der Waals surface area contributed by atoms with E-state index in [4.69, 9.17) is 4.74 Å². The van der Waals surface area contributed by atoms with Crippen LogP contribution in [-0.4, -0.2) is 24.1 Å². The molecule has 1 amide bonds. The van der Waals surface area contributed by atoms with E-state index in [1.807, 2.05) is 37.3 Å². The first-order valence-electron chi connectivity index (χ1n) is 10.9. The molecule has 3 rings (SSSR count). The monoisotopic (exact) mass is 461 g/mol. The standard InChI is InChI=1S/C26H27N3O3S/c1-4-6-15-28-24(30)20(17-27)26-29(21-9-7-8-10-22(21)32-3)25(31)23(33-26)16-19-13-11-18(5-2)12-14-19/h7-14,16H,4-6,15H2,1-3H3,(H,28,30)/b23-16-,26-20-. The first-order chi connectivity index (χ1) is 16.0. The van der Waals surface area contributed by atoms with Crippen LogP contribution in [0.4, 0.5) is 0 Å². The molecule has 0 spiro atoms. The number of aromatic nitrogens is 1. The van der Waals surface area contributed by atoms with Crippen LogP contribution in [0.25, 0.3) is 17.3 Å². The quantitative estimate of drug-likeness (QED) is 0.523. The molecule has 0 saturated heterocycles. The highest BCUT2D eigenvalue weighted by Crippen LogP contribution is 2.19. The van der Waals surface area contributed by atoms with Gasteiger partial charge in [0.15, 0.2) is 5.57 Å². The highest BCUT2D eigenvalue weighted by Gasteiger charge is 2.18. The predicted octanol–water partition coefficient (Wildman–Crippen LogP) is 2.89. The normalized spacial score (nSPS) is 12.2. The van der Waals surface area contributed by atoms with Gasteiger partial charge in [0, 0.05) is 6.54 Å². The van der Waals surface area contributed by atoms with Crippen molar-refractivity contribution in [2.24, 2.45) is 0 Å². The molecule has 1 N–H and O–H groups in total. The predicted molar refractivity (Wildman–Crippen MR) is 132 cm³/mol. The summed E-state index contributed by atoms with van der Waals surface area (Å²) in [4.78, 5) is 26.3. The van der Waals surface area contributed by atoms with Crippen molar-refractivity contribution >= 4 is 28.9 Å². The SMILES string of the molecule is CCCCNC(=O)/C(C#N)=c1\s/c(=C\c2ccc(CC)cc2)c(=O)n1-c1ccccc1OC. The van der Waals surface area contributed by atoms with Gasteiger partial charge in [-0.15, -0.1) is 11.3 Å². The second kappa shape index (κ2) is 11.3. The summed E-state index contributed by atoms with van der Waals surface area (Å²) >= 11 is 1.12. The number of benzene rings is 2. The summed E-state index contributed by atoms with van der Waals surface area (Å²) in [6, 6.07) is 17.0. The second-order valence-electron chi connectivity index (χ2n) is 7.42. The molecular weight excluding hydrogens is 434 g/mol. The van der Waals surface area contributed by atoms with Crippen molar-refractivity contribution in [2.75, 3.05) is 13.7 Å². The summed E-state index contributed by atoms with van der Waals surface area (Å²) in [5, 5.41) is 12.6. The van der Waals surface area contributed by atoms with Crippen LogP contribution >= 0.6 is 11.3 Å². The van der Waals surface area contributed by atoms with Crippen LogP contribution in [0, 0.1) is 11.3 Å². The smallest absolute Gasteiger partial charge is 0.273 e. The van der Waals surface area contributed by atoms with Gasteiger partial charge in [-0.2, -0.15) is 5.26 Å². The Balaban J connectivity index is 2.30. The van der Waals surface area contributed by atoms with Gasteiger partial charge < -0.3 is 10.1 Å². The number of ether oxygens (including phenoxy) is 1. The van der Waals surface area contributed by atoms with E-state index in [-0.39, 0.29) is 15.8 Å². The molecule has 7 heteroatoms. The van der Waals surface area contributed by atoms with Crippen LogP contribution in [0.5, 0.6) is 5.75 Å². The van der Waals surface area contributed by atoms with Crippen molar-refractivity contribution < 1.29 is 9.53 Å². The van der Waals surface area contributed by atoms with Crippen molar-refractivity contribution in [1.29, 1.82) is 5.26 Å². The van der Waals surface area contributed by atoms with E-state index in [1.54, 1.807) is 30.3 Å². The highest BCUT2D eigenvalue weighted by atomic mass is 32.1. The summed E-state index contributed by atoms with van der Waals surface area (Å²) in [5.41, 5.74) is 2.14. The number of hydrogen-bond acceptors (Lipinski definition) is 5. The van der Waals surface area contributed by atoms with Crippen LogP contribution in [0.1, 0.15) is 37.8 Å². The van der Waals surface area contributed by atoms with Gasteiger partial charge in [0.05, 0.1) is 17.3 Å². The fourth-order valence-corrected chi connectivity index (χ4v) is 4.44. The third-order valence-electron chi connectivity index (χ3n) is 5.20. The number of rotatable bonds is 8. The van der Waals surface area contributed by atoms with Gasteiger partial charge in [-0.25, -0.2) is 0 Å². The Kier molecular flexibility index (Phi) is 8.22. The molecule has 0 radical (unpaired) electrons. The topological polar surface area (TPSA) is 84.1 Å². The third kappa shape index (κ3) is 5.41. The average Bonchev–Trinajstić information content (AvgIpc) is 3.15. The largest absolute Gasteiger partial charge is 0.495 e. The molecule has 1 heterocycles.